The zero-order valence-corrected chi connectivity index (χ0v) is 16.6. The van der Waals surface area contributed by atoms with E-state index in [0.29, 0.717) is 16.8 Å². The minimum absolute atomic E-state index is 0.0829. The van der Waals surface area contributed by atoms with Gasteiger partial charge in [0.2, 0.25) is 5.91 Å². The van der Waals surface area contributed by atoms with E-state index in [1.807, 2.05) is 0 Å². The number of aliphatic hydroxyl groups excluding tert-OH is 1. The summed E-state index contributed by atoms with van der Waals surface area (Å²) < 4.78 is 0. The Bertz CT molecular complexity index is 1060. The van der Waals surface area contributed by atoms with E-state index in [-0.39, 0.29) is 19.0 Å². The van der Waals surface area contributed by atoms with Crippen molar-refractivity contribution in [3.05, 3.63) is 65.2 Å². The fraction of sp³-hybridized carbons (Fsp3) is 0.174. The van der Waals surface area contributed by atoms with Crippen LogP contribution >= 0.6 is 0 Å². The summed E-state index contributed by atoms with van der Waals surface area (Å²) in [7, 11) is 0. The highest BCUT2D eigenvalue weighted by molar-refractivity contribution is 5.98. The topological polar surface area (TPSA) is 148 Å². The Morgan fingerprint density at radius 3 is 1.94 bits per heavy atom. The van der Waals surface area contributed by atoms with Crippen LogP contribution in [0.5, 0.6) is 0 Å². The van der Waals surface area contributed by atoms with Crippen LogP contribution in [-0.2, 0) is 9.59 Å². The maximum absolute atomic E-state index is 12.2. The van der Waals surface area contributed by atoms with Crippen molar-refractivity contribution in [1.29, 1.82) is 0 Å². The van der Waals surface area contributed by atoms with E-state index in [0.717, 1.165) is 5.56 Å². The second-order valence-electron chi connectivity index (χ2n) is 6.29. The van der Waals surface area contributed by atoms with Crippen LogP contribution in [0.1, 0.15) is 21.5 Å². The van der Waals surface area contributed by atoms with Crippen LogP contribution in [0.4, 0.5) is 5.69 Å². The number of nitrogens with two attached hydrogens (primary N) is 2. The van der Waals surface area contributed by atoms with E-state index in [4.69, 9.17) is 16.6 Å². The summed E-state index contributed by atoms with van der Waals surface area (Å²) in [4.78, 5) is 34.9. The molecule has 7 N–H and O–H groups in total. The fourth-order valence-electron chi connectivity index (χ4n) is 2.38. The number of Topliss-reactive ketones (excluding diaryl/α,β-unsaturated/α-hetero) is 1. The molecule has 2 aromatic rings. The van der Waals surface area contributed by atoms with Crippen LogP contribution < -0.4 is 22.1 Å². The van der Waals surface area contributed by atoms with Gasteiger partial charge in [0.15, 0.2) is 5.78 Å². The number of carbonyl (C=O) groups is 3. The van der Waals surface area contributed by atoms with Crippen molar-refractivity contribution in [2.45, 2.75) is 6.04 Å². The van der Waals surface area contributed by atoms with Crippen molar-refractivity contribution < 1.29 is 19.5 Å². The van der Waals surface area contributed by atoms with Crippen molar-refractivity contribution in [3.63, 3.8) is 0 Å². The van der Waals surface area contributed by atoms with Gasteiger partial charge in [0.25, 0.3) is 5.91 Å². The molecule has 0 unspecified atom stereocenters. The molecule has 0 spiro atoms. The van der Waals surface area contributed by atoms with Gasteiger partial charge >= 0.3 is 0 Å². The molecule has 0 bridgehead atoms. The molecule has 0 saturated heterocycles. The number of nitrogens with one attached hydrogen (secondary N) is 2. The number of aliphatic hydroxyl groups is 1. The molecule has 2 aromatic carbocycles. The van der Waals surface area contributed by atoms with Gasteiger partial charge in [-0.15, -0.1) is 0 Å². The monoisotopic (exact) mass is 418 g/mol. The Morgan fingerprint density at radius 1 is 0.903 bits per heavy atom. The largest absolute Gasteiger partial charge is 0.388 e. The number of carbonyl (C=O) groups excluding carboxylic acids is 3. The number of amides is 2. The molecule has 2 rings (SSSR count). The van der Waals surface area contributed by atoms with Crippen LogP contribution in [0.3, 0.4) is 0 Å². The average molecular weight is 418 g/mol. The van der Waals surface area contributed by atoms with Gasteiger partial charge in [-0.3, -0.25) is 14.4 Å². The minimum Gasteiger partial charge on any atom is -0.388 e. The lowest BCUT2D eigenvalue weighted by Crippen LogP contribution is -2.46. The van der Waals surface area contributed by atoms with Crippen molar-refractivity contribution in [1.82, 2.24) is 5.32 Å². The number of hydrogen-bond donors (Lipinski definition) is 5. The third-order valence-electron chi connectivity index (χ3n) is 4.06. The lowest BCUT2D eigenvalue weighted by atomic mass is 10.1. The van der Waals surface area contributed by atoms with Gasteiger partial charge in [-0.25, -0.2) is 0 Å². The summed E-state index contributed by atoms with van der Waals surface area (Å²) in [6, 6.07) is 12.5. The van der Waals surface area contributed by atoms with E-state index in [9.17, 15) is 14.4 Å². The summed E-state index contributed by atoms with van der Waals surface area (Å²) in [6.45, 7) is -0.870. The molecule has 0 saturated carbocycles. The zero-order chi connectivity index (χ0) is 22.6. The summed E-state index contributed by atoms with van der Waals surface area (Å²) in [5.74, 6) is 9.95. The molecular weight excluding hydrogens is 396 g/mol. The van der Waals surface area contributed by atoms with E-state index < -0.39 is 24.3 Å². The number of benzene rings is 2. The molecule has 158 valence electrons. The Kier molecular flexibility index (Phi) is 8.96. The molecular formula is C23H22N4O4. The molecule has 31 heavy (non-hydrogen) atoms. The Balaban J connectivity index is 1.97. The molecule has 1 atom stereocenters. The molecule has 0 fully saturated rings. The van der Waals surface area contributed by atoms with Gasteiger partial charge in [0.05, 0.1) is 6.54 Å². The maximum Gasteiger partial charge on any atom is 0.251 e. The predicted octanol–water partition coefficient (Wildman–Crippen LogP) is -0.394. The second kappa shape index (κ2) is 11.9. The van der Waals surface area contributed by atoms with Gasteiger partial charge in [0.1, 0.15) is 12.6 Å². The molecule has 8 heteroatoms. The summed E-state index contributed by atoms with van der Waals surface area (Å²) in [5, 5.41) is 14.0. The summed E-state index contributed by atoms with van der Waals surface area (Å²) in [6.07, 6.45) is 0. The first-order valence-electron chi connectivity index (χ1n) is 9.33. The van der Waals surface area contributed by atoms with Crippen molar-refractivity contribution in [3.8, 4) is 23.7 Å². The van der Waals surface area contributed by atoms with E-state index >= 15 is 0 Å². The van der Waals surface area contributed by atoms with E-state index in [2.05, 4.69) is 34.3 Å². The van der Waals surface area contributed by atoms with Gasteiger partial charge in [-0.2, -0.15) is 0 Å². The van der Waals surface area contributed by atoms with Crippen LogP contribution in [-0.4, -0.2) is 48.4 Å². The molecule has 0 radical (unpaired) electrons. The van der Waals surface area contributed by atoms with E-state index in [1.54, 1.807) is 48.5 Å². The molecule has 0 aliphatic heterocycles. The summed E-state index contributed by atoms with van der Waals surface area (Å²) in [5.41, 5.74) is 13.1. The number of hydrogen-bond acceptors (Lipinski definition) is 6. The van der Waals surface area contributed by atoms with Crippen LogP contribution in [0.25, 0.3) is 0 Å². The smallest absolute Gasteiger partial charge is 0.251 e. The van der Waals surface area contributed by atoms with E-state index in [1.165, 1.54) is 0 Å². The SMILES string of the molecule is NCC(=O)Nc1ccc(C#CC#Cc2ccc(C(=O)N[C@@H](CN)C(=O)CO)cc2)cc1. The Morgan fingerprint density at radius 2 is 1.45 bits per heavy atom. The number of anilines is 1. The summed E-state index contributed by atoms with van der Waals surface area (Å²) >= 11 is 0. The lowest BCUT2D eigenvalue weighted by Gasteiger charge is -2.14. The van der Waals surface area contributed by atoms with Crippen LogP contribution in [0.2, 0.25) is 0 Å². The highest BCUT2D eigenvalue weighted by Gasteiger charge is 2.18. The first kappa shape index (κ1) is 23.3. The third kappa shape index (κ3) is 7.42. The van der Waals surface area contributed by atoms with Gasteiger partial charge in [-0.05, 0) is 60.4 Å². The first-order valence-corrected chi connectivity index (χ1v) is 9.33. The molecule has 0 aromatic heterocycles. The molecule has 8 nitrogen and oxygen atoms in total. The molecule has 2 amide bonds. The highest BCUT2D eigenvalue weighted by Crippen LogP contribution is 2.08. The quantitative estimate of drug-likeness (QED) is 0.387. The Labute approximate surface area is 180 Å². The lowest BCUT2D eigenvalue weighted by molar-refractivity contribution is -0.123. The normalized spacial score (nSPS) is 10.5. The number of rotatable bonds is 7. The zero-order valence-electron chi connectivity index (χ0n) is 16.6. The third-order valence-corrected chi connectivity index (χ3v) is 4.06. The predicted molar refractivity (Wildman–Crippen MR) is 117 cm³/mol. The first-order chi connectivity index (χ1) is 15.0. The van der Waals surface area contributed by atoms with Gasteiger partial charge in [0, 0.05) is 28.9 Å². The van der Waals surface area contributed by atoms with Gasteiger partial charge < -0.3 is 27.2 Å². The fourth-order valence-corrected chi connectivity index (χ4v) is 2.38. The van der Waals surface area contributed by atoms with Crippen molar-refractivity contribution in [2.75, 3.05) is 25.0 Å². The van der Waals surface area contributed by atoms with Crippen molar-refractivity contribution in [2.24, 2.45) is 11.5 Å². The van der Waals surface area contributed by atoms with Crippen LogP contribution in [0.15, 0.2) is 48.5 Å². The molecule has 0 aliphatic rings. The highest BCUT2D eigenvalue weighted by atomic mass is 16.3. The number of ketones is 1. The maximum atomic E-state index is 12.2. The average Bonchev–Trinajstić information content (AvgIpc) is 2.80. The van der Waals surface area contributed by atoms with Gasteiger partial charge in [-0.1, -0.05) is 11.8 Å². The molecule has 0 aliphatic carbocycles. The van der Waals surface area contributed by atoms with Crippen LogP contribution in [0, 0.1) is 23.7 Å². The molecule has 0 heterocycles. The standard InChI is InChI=1S/C23H22N4O4/c24-13-20(21(29)15-28)27-23(31)18-9-5-16(6-10-18)3-1-2-4-17-7-11-19(12-8-17)26-22(30)14-25/h5-12,20,28H,13-15,24-25H2,(H,26,30)(H,27,31)/t20-/m0/s1. The minimum atomic E-state index is -0.932. The second-order valence-corrected chi connectivity index (χ2v) is 6.29. The van der Waals surface area contributed by atoms with Crippen molar-refractivity contribution >= 4 is 23.3 Å². The Hall–Kier alpha value is -3.95.